The summed E-state index contributed by atoms with van der Waals surface area (Å²) in [5.41, 5.74) is 3.01. The van der Waals surface area contributed by atoms with Gasteiger partial charge in [0.1, 0.15) is 11.9 Å². The average Bonchev–Trinajstić information content (AvgIpc) is 3.38. The first-order valence-corrected chi connectivity index (χ1v) is 11.7. The van der Waals surface area contributed by atoms with Crippen LogP contribution in [0.3, 0.4) is 0 Å². The van der Waals surface area contributed by atoms with Gasteiger partial charge in [0.2, 0.25) is 0 Å². The Balaban J connectivity index is 1.60. The molecule has 3 aromatic carbocycles. The molecular weight excluding hydrogens is 487 g/mol. The first kappa shape index (κ1) is 24.7. The van der Waals surface area contributed by atoms with Crippen LogP contribution in [0.25, 0.3) is 11.1 Å². The lowest BCUT2D eigenvalue weighted by Gasteiger charge is -2.24. The number of carbonyl (C=O) groups excluding carboxylic acids is 2. The van der Waals surface area contributed by atoms with Gasteiger partial charge in [-0.05, 0) is 52.1 Å². The lowest BCUT2D eigenvalue weighted by molar-refractivity contribution is -0.140. The van der Waals surface area contributed by atoms with Crippen LogP contribution in [0, 0.1) is 0 Å². The number of alkyl halides is 3. The van der Waals surface area contributed by atoms with E-state index >= 15 is 0 Å². The van der Waals surface area contributed by atoms with Crippen LogP contribution in [-0.2, 0) is 39.8 Å². The number of carbonyl (C=O) groups is 2. The SMILES string of the molecule is COC(=O)Cc1ccc(OC)c(-c2ccc(C(F)(F)F)cc2CN2C(=O)OC3Cc4ccccc4[C@@H]32)c1. The van der Waals surface area contributed by atoms with E-state index in [1.165, 1.54) is 25.2 Å². The van der Waals surface area contributed by atoms with Gasteiger partial charge in [-0.2, -0.15) is 13.2 Å². The zero-order chi connectivity index (χ0) is 26.3. The fourth-order valence-electron chi connectivity index (χ4n) is 5.15. The smallest absolute Gasteiger partial charge is 0.416 e. The van der Waals surface area contributed by atoms with Crippen molar-refractivity contribution in [3.63, 3.8) is 0 Å². The average molecular weight is 511 g/mol. The van der Waals surface area contributed by atoms with Gasteiger partial charge in [-0.15, -0.1) is 0 Å². The van der Waals surface area contributed by atoms with Crippen molar-refractivity contribution >= 4 is 12.1 Å². The van der Waals surface area contributed by atoms with Crippen molar-refractivity contribution < 1.29 is 37.0 Å². The van der Waals surface area contributed by atoms with Gasteiger partial charge in [0.25, 0.3) is 0 Å². The van der Waals surface area contributed by atoms with Gasteiger partial charge in [-0.3, -0.25) is 9.69 Å². The Labute approximate surface area is 211 Å². The predicted octanol–water partition coefficient (Wildman–Crippen LogP) is 5.71. The minimum Gasteiger partial charge on any atom is -0.496 e. The Morgan fingerprint density at radius 3 is 2.57 bits per heavy atom. The Kier molecular flexibility index (Phi) is 6.31. The fraction of sp³-hybridized carbons (Fsp3) is 0.286. The second-order valence-corrected chi connectivity index (χ2v) is 9.06. The maximum absolute atomic E-state index is 13.7. The van der Waals surface area contributed by atoms with Crippen LogP contribution < -0.4 is 4.74 Å². The Morgan fingerprint density at radius 1 is 1.05 bits per heavy atom. The Bertz CT molecular complexity index is 1370. The lowest BCUT2D eigenvalue weighted by Crippen LogP contribution is -2.28. The number of esters is 1. The molecule has 0 N–H and O–H groups in total. The molecular formula is C28H24F3NO5. The quantitative estimate of drug-likeness (QED) is 0.397. The Morgan fingerprint density at radius 2 is 1.84 bits per heavy atom. The largest absolute Gasteiger partial charge is 0.496 e. The van der Waals surface area contributed by atoms with Gasteiger partial charge >= 0.3 is 18.2 Å². The zero-order valence-corrected chi connectivity index (χ0v) is 20.2. The number of hydrogen-bond donors (Lipinski definition) is 0. The maximum atomic E-state index is 13.7. The number of ether oxygens (including phenoxy) is 3. The van der Waals surface area contributed by atoms with Gasteiger partial charge in [-0.25, -0.2) is 4.79 Å². The molecule has 37 heavy (non-hydrogen) atoms. The second kappa shape index (κ2) is 9.46. The molecule has 5 rings (SSSR count). The van der Waals surface area contributed by atoms with Crippen molar-refractivity contribution in [2.24, 2.45) is 0 Å². The molecule has 2 aliphatic rings. The molecule has 1 saturated heterocycles. The summed E-state index contributed by atoms with van der Waals surface area (Å²) in [7, 11) is 2.74. The standard InChI is InChI=1S/C28H24F3NO5/c1-35-23-10-7-16(12-25(33)36-2)11-22(23)20-9-8-19(28(29,30)31)13-18(20)15-32-26-21-6-4-3-5-17(21)14-24(26)37-27(32)34/h3-11,13,24,26H,12,14-15H2,1-2H3/t24?,26-/m0/s1. The molecule has 0 saturated carbocycles. The van der Waals surface area contributed by atoms with E-state index in [0.717, 1.165) is 23.3 Å². The number of halogens is 3. The summed E-state index contributed by atoms with van der Waals surface area (Å²) in [6.07, 6.45) is -4.99. The van der Waals surface area contributed by atoms with Crippen LogP contribution >= 0.6 is 0 Å². The summed E-state index contributed by atoms with van der Waals surface area (Å²) in [6.45, 7) is -0.0992. The molecule has 0 aromatic heterocycles. The van der Waals surface area contributed by atoms with E-state index in [4.69, 9.17) is 14.2 Å². The zero-order valence-electron chi connectivity index (χ0n) is 20.2. The molecule has 0 spiro atoms. The molecule has 1 aliphatic carbocycles. The predicted molar refractivity (Wildman–Crippen MR) is 128 cm³/mol. The van der Waals surface area contributed by atoms with Crippen LogP contribution in [0.5, 0.6) is 5.75 Å². The molecule has 9 heteroatoms. The monoisotopic (exact) mass is 511 g/mol. The maximum Gasteiger partial charge on any atom is 0.416 e. The minimum atomic E-state index is -4.57. The topological polar surface area (TPSA) is 65.1 Å². The highest BCUT2D eigenvalue weighted by molar-refractivity contribution is 5.78. The van der Waals surface area contributed by atoms with Gasteiger partial charge in [0.15, 0.2) is 0 Å². The molecule has 1 fully saturated rings. The minimum absolute atomic E-state index is 0.0115. The van der Waals surface area contributed by atoms with E-state index in [0.29, 0.717) is 28.9 Å². The van der Waals surface area contributed by atoms with E-state index in [2.05, 4.69) is 0 Å². The third kappa shape index (κ3) is 4.61. The van der Waals surface area contributed by atoms with Gasteiger partial charge in [0.05, 0.1) is 38.8 Å². The van der Waals surface area contributed by atoms with E-state index in [1.54, 1.807) is 18.2 Å². The number of hydrogen-bond acceptors (Lipinski definition) is 5. The summed E-state index contributed by atoms with van der Waals surface area (Å²) in [4.78, 5) is 26.2. The van der Waals surface area contributed by atoms with Crippen molar-refractivity contribution in [2.45, 2.75) is 37.7 Å². The summed E-state index contributed by atoms with van der Waals surface area (Å²) in [6, 6.07) is 15.7. The number of fused-ring (bicyclic) bond motifs is 3. The molecule has 1 unspecified atom stereocenters. The number of rotatable bonds is 6. The van der Waals surface area contributed by atoms with Crippen molar-refractivity contribution in [3.8, 4) is 16.9 Å². The van der Waals surface area contributed by atoms with E-state index < -0.39 is 35.9 Å². The lowest BCUT2D eigenvalue weighted by atomic mass is 9.94. The first-order chi connectivity index (χ1) is 17.7. The van der Waals surface area contributed by atoms with Crippen molar-refractivity contribution in [3.05, 3.63) is 88.5 Å². The summed E-state index contributed by atoms with van der Waals surface area (Å²) >= 11 is 0. The third-order valence-corrected chi connectivity index (χ3v) is 6.87. The number of methoxy groups -OCH3 is 2. The Hall–Kier alpha value is -4.01. The van der Waals surface area contributed by atoms with Crippen molar-refractivity contribution in [1.82, 2.24) is 4.90 Å². The summed E-state index contributed by atoms with van der Waals surface area (Å²) in [5, 5.41) is 0. The van der Waals surface area contributed by atoms with Crippen LogP contribution in [0.2, 0.25) is 0 Å². The van der Waals surface area contributed by atoms with E-state index in [1.807, 2.05) is 24.3 Å². The van der Waals surface area contributed by atoms with Gasteiger partial charge in [-0.1, -0.05) is 36.4 Å². The highest BCUT2D eigenvalue weighted by Crippen LogP contribution is 2.45. The highest BCUT2D eigenvalue weighted by Gasteiger charge is 2.47. The van der Waals surface area contributed by atoms with Crippen LogP contribution in [0.4, 0.5) is 18.0 Å². The van der Waals surface area contributed by atoms with Crippen LogP contribution in [0.1, 0.15) is 33.9 Å². The number of benzene rings is 3. The fourth-order valence-corrected chi connectivity index (χ4v) is 5.15. The molecule has 2 atom stereocenters. The second-order valence-electron chi connectivity index (χ2n) is 9.06. The highest BCUT2D eigenvalue weighted by atomic mass is 19.4. The molecule has 1 heterocycles. The number of amides is 1. The molecule has 1 aliphatic heterocycles. The molecule has 192 valence electrons. The molecule has 0 radical (unpaired) electrons. The van der Waals surface area contributed by atoms with Gasteiger partial charge in [0, 0.05) is 12.0 Å². The molecule has 0 bridgehead atoms. The molecule has 3 aromatic rings. The molecule has 1 amide bonds. The first-order valence-electron chi connectivity index (χ1n) is 11.7. The normalized spacial score (nSPS) is 18.3. The third-order valence-electron chi connectivity index (χ3n) is 6.87. The number of nitrogens with zero attached hydrogens (tertiary/aromatic N) is 1. The van der Waals surface area contributed by atoms with E-state index in [-0.39, 0.29) is 18.5 Å². The van der Waals surface area contributed by atoms with Gasteiger partial charge < -0.3 is 14.2 Å². The van der Waals surface area contributed by atoms with Crippen molar-refractivity contribution in [1.29, 1.82) is 0 Å². The summed E-state index contributed by atoms with van der Waals surface area (Å²) < 4.78 is 57.0. The van der Waals surface area contributed by atoms with Crippen LogP contribution in [-0.4, -0.2) is 37.3 Å². The molecule has 6 nitrogen and oxygen atoms in total. The van der Waals surface area contributed by atoms with E-state index in [9.17, 15) is 22.8 Å². The van der Waals surface area contributed by atoms with Crippen LogP contribution in [0.15, 0.2) is 60.7 Å². The summed E-state index contributed by atoms with van der Waals surface area (Å²) in [5.74, 6) is -0.0303. The van der Waals surface area contributed by atoms with Crippen molar-refractivity contribution in [2.75, 3.05) is 14.2 Å².